The van der Waals surface area contributed by atoms with Crippen molar-refractivity contribution in [1.29, 1.82) is 5.41 Å². The second kappa shape index (κ2) is 11.1. The quantitative estimate of drug-likeness (QED) is 0.294. The summed E-state index contributed by atoms with van der Waals surface area (Å²) >= 11 is 0.744. The normalized spacial score (nSPS) is 13.2. The number of nitrogens with one attached hydrogen (secondary N) is 3. The summed E-state index contributed by atoms with van der Waals surface area (Å²) in [5.41, 5.74) is 2.23. The molecule has 10 heteroatoms. The van der Waals surface area contributed by atoms with Crippen molar-refractivity contribution < 1.29 is 14.3 Å². The number of hydrazine groups is 1. The third kappa shape index (κ3) is 7.29. The first kappa shape index (κ1) is 22.5. The number of rotatable bonds is 8. The van der Waals surface area contributed by atoms with E-state index in [2.05, 4.69) is 28.9 Å². The fourth-order valence-corrected chi connectivity index (χ4v) is 2.30. The Morgan fingerprint density at radius 2 is 2.08 bits per heavy atom. The lowest BCUT2D eigenvalue weighted by Gasteiger charge is -2.29. The minimum Gasteiger partial charge on any atom is -0.475 e. The lowest BCUT2D eigenvalue weighted by atomic mass is 10.3. The molecule has 1 unspecified atom stereocenters. The minimum atomic E-state index is -1.24. The number of thioether (sulfide) groups is 1. The van der Waals surface area contributed by atoms with E-state index in [9.17, 15) is 14.3 Å². The van der Waals surface area contributed by atoms with Gasteiger partial charge in [-0.3, -0.25) is 15.8 Å². The number of allylic oxidation sites excluding steroid dienone is 1. The topological polar surface area (TPSA) is 104 Å². The highest BCUT2D eigenvalue weighted by Crippen LogP contribution is 2.18. The van der Waals surface area contributed by atoms with E-state index in [1.54, 1.807) is 7.05 Å². The maximum atomic E-state index is 13.2. The third-order valence-corrected chi connectivity index (χ3v) is 3.64. The molecule has 1 atom stereocenters. The monoisotopic (exact) mass is 372 g/mol. The minimum absolute atomic E-state index is 0.0204. The molecular weight excluding hydrogens is 347 g/mol. The molecule has 0 aromatic carbocycles. The summed E-state index contributed by atoms with van der Waals surface area (Å²) in [5.74, 6) is -1.05. The van der Waals surface area contributed by atoms with Crippen LogP contribution >= 0.6 is 11.8 Å². The Balaban J connectivity index is 5.70. The Bertz CT molecular complexity index is 576. The van der Waals surface area contributed by atoms with E-state index in [1.807, 2.05) is 6.92 Å². The molecule has 140 valence electrons. The van der Waals surface area contributed by atoms with Crippen LogP contribution in [0.25, 0.3) is 0 Å². The molecule has 4 N–H and O–H groups in total. The van der Waals surface area contributed by atoms with E-state index >= 15 is 0 Å². The zero-order chi connectivity index (χ0) is 19.6. The number of halogens is 1. The molecule has 0 fully saturated rings. The second-order valence-corrected chi connectivity index (χ2v) is 5.94. The number of aliphatic carboxylic acids is 1. The zero-order valence-electron chi connectivity index (χ0n) is 14.8. The number of amidine groups is 2. The fraction of sp³-hybridized carbons (Fsp3) is 0.400. The second-order valence-electron chi connectivity index (χ2n) is 4.67. The van der Waals surface area contributed by atoms with Crippen molar-refractivity contribution in [2.45, 2.75) is 25.8 Å². The molecular formula is C15H25FN6O2S. The van der Waals surface area contributed by atoms with Gasteiger partial charge in [-0.15, -0.1) is 0 Å². The van der Waals surface area contributed by atoms with Gasteiger partial charge in [0.2, 0.25) is 5.84 Å². The number of carboxylic acid groups (broad SMARTS) is 1. The highest BCUT2D eigenvalue weighted by Gasteiger charge is 2.20. The SMILES string of the molecule is C=C/N=C(/C(=O)O)N(C)N/C(CC)=C(\NC=C)N(C)C(=N)SC(C)F. The maximum absolute atomic E-state index is 13.2. The molecule has 0 aliphatic carbocycles. The van der Waals surface area contributed by atoms with Crippen molar-refractivity contribution in [2.75, 3.05) is 14.1 Å². The van der Waals surface area contributed by atoms with Gasteiger partial charge in [0, 0.05) is 20.3 Å². The van der Waals surface area contributed by atoms with E-state index in [4.69, 9.17) is 5.41 Å². The number of likely N-dealkylation sites (N-methyl/N-ethyl adjacent to an activating group) is 1. The average molecular weight is 372 g/mol. The molecule has 8 nitrogen and oxygen atoms in total. The van der Waals surface area contributed by atoms with Crippen LogP contribution in [0.1, 0.15) is 20.3 Å². The number of aliphatic imine (C=N–C) groups is 1. The van der Waals surface area contributed by atoms with Crippen LogP contribution in [0.3, 0.4) is 0 Å². The highest BCUT2D eigenvalue weighted by molar-refractivity contribution is 8.14. The summed E-state index contributed by atoms with van der Waals surface area (Å²) in [6.45, 7) is 10.2. The molecule has 0 spiro atoms. The van der Waals surface area contributed by atoms with Gasteiger partial charge in [0.15, 0.2) is 5.17 Å². The predicted molar refractivity (Wildman–Crippen MR) is 100 cm³/mol. The molecule has 0 aliphatic heterocycles. The average Bonchev–Trinajstić information content (AvgIpc) is 2.53. The standard InChI is InChI=1S/C15H25FN6O2S/c1-7-11(20-22(6)13(14(23)24)19-9-3)12(18-8-2)21(5)15(17)25-10(4)16/h8-10,17-18,20H,2-3,7H2,1,4-6H3,(H,23,24)/b12-11+,17-15?,19-13-. The number of alkyl halides is 1. The molecule has 0 bridgehead atoms. The highest BCUT2D eigenvalue weighted by atomic mass is 32.2. The molecule has 0 aliphatic rings. The Morgan fingerprint density at radius 3 is 2.48 bits per heavy atom. The molecule has 0 saturated heterocycles. The van der Waals surface area contributed by atoms with E-state index < -0.39 is 11.5 Å². The van der Waals surface area contributed by atoms with Crippen molar-refractivity contribution in [3.63, 3.8) is 0 Å². The zero-order valence-corrected chi connectivity index (χ0v) is 15.7. The molecule has 0 saturated carbocycles. The smallest absolute Gasteiger partial charge is 0.373 e. The first-order chi connectivity index (χ1) is 11.7. The van der Waals surface area contributed by atoms with Gasteiger partial charge in [-0.25, -0.2) is 14.2 Å². The lowest BCUT2D eigenvalue weighted by molar-refractivity contribution is -0.130. The van der Waals surface area contributed by atoms with E-state index in [1.165, 1.54) is 30.1 Å². The molecule has 0 radical (unpaired) electrons. The van der Waals surface area contributed by atoms with Crippen molar-refractivity contribution in [1.82, 2.24) is 20.7 Å². The van der Waals surface area contributed by atoms with Crippen LogP contribution in [0, 0.1) is 5.41 Å². The first-order valence-electron chi connectivity index (χ1n) is 7.35. The van der Waals surface area contributed by atoms with E-state index in [0.717, 1.165) is 18.0 Å². The maximum Gasteiger partial charge on any atom is 0.373 e. The summed E-state index contributed by atoms with van der Waals surface area (Å²) in [6.07, 6.45) is 3.01. The van der Waals surface area contributed by atoms with Gasteiger partial charge < -0.3 is 15.3 Å². The van der Waals surface area contributed by atoms with Crippen LogP contribution in [0.4, 0.5) is 4.39 Å². The van der Waals surface area contributed by atoms with Gasteiger partial charge >= 0.3 is 5.97 Å². The van der Waals surface area contributed by atoms with Gasteiger partial charge in [0.25, 0.3) is 0 Å². The number of hydrogen-bond acceptors (Lipinski definition) is 6. The van der Waals surface area contributed by atoms with Crippen molar-refractivity contribution in [3.8, 4) is 0 Å². The van der Waals surface area contributed by atoms with Crippen LogP contribution in [-0.4, -0.2) is 51.6 Å². The Hall–Kier alpha value is -2.49. The Kier molecular flexibility index (Phi) is 10.0. The van der Waals surface area contributed by atoms with E-state index in [0.29, 0.717) is 17.9 Å². The molecule has 0 amide bonds. The van der Waals surface area contributed by atoms with Crippen LogP contribution in [0.2, 0.25) is 0 Å². The Labute approximate surface area is 151 Å². The van der Waals surface area contributed by atoms with Gasteiger partial charge in [-0.05, 0) is 19.5 Å². The predicted octanol–water partition coefficient (Wildman–Crippen LogP) is 2.28. The molecule has 0 aromatic rings. The van der Waals surface area contributed by atoms with Crippen molar-refractivity contribution >= 4 is 28.7 Å². The molecule has 0 heterocycles. The number of hydrogen-bond donors (Lipinski definition) is 4. The van der Waals surface area contributed by atoms with Crippen LogP contribution in [-0.2, 0) is 4.79 Å². The number of carbonyl (C=O) groups is 1. The molecule has 0 rings (SSSR count). The molecule has 25 heavy (non-hydrogen) atoms. The molecule has 0 aromatic heterocycles. The summed E-state index contributed by atoms with van der Waals surface area (Å²) in [4.78, 5) is 16.4. The number of nitrogens with zero attached hydrogens (tertiary/aromatic N) is 3. The third-order valence-electron chi connectivity index (χ3n) is 2.82. The van der Waals surface area contributed by atoms with E-state index in [-0.39, 0.29) is 11.0 Å². The summed E-state index contributed by atoms with van der Waals surface area (Å²) in [6, 6.07) is 0. The number of carboxylic acids is 1. The van der Waals surface area contributed by atoms with Crippen molar-refractivity contribution in [3.05, 3.63) is 37.1 Å². The van der Waals surface area contributed by atoms with Gasteiger partial charge in [0.1, 0.15) is 11.3 Å². The summed E-state index contributed by atoms with van der Waals surface area (Å²) in [5, 5.41) is 21.3. The van der Waals surface area contributed by atoms with Crippen LogP contribution in [0.15, 0.2) is 42.1 Å². The lowest BCUT2D eigenvalue weighted by Crippen LogP contribution is -2.45. The van der Waals surface area contributed by atoms with Crippen LogP contribution < -0.4 is 10.7 Å². The van der Waals surface area contributed by atoms with Gasteiger partial charge in [0.05, 0.1) is 5.70 Å². The van der Waals surface area contributed by atoms with Gasteiger partial charge in [-0.1, -0.05) is 31.8 Å². The first-order valence-corrected chi connectivity index (χ1v) is 8.23. The van der Waals surface area contributed by atoms with Crippen LogP contribution in [0.5, 0.6) is 0 Å². The fourth-order valence-electron chi connectivity index (χ4n) is 1.74. The summed E-state index contributed by atoms with van der Waals surface area (Å²) < 4.78 is 13.2. The largest absolute Gasteiger partial charge is 0.475 e. The van der Waals surface area contributed by atoms with Gasteiger partial charge in [-0.2, -0.15) is 0 Å². The Morgan fingerprint density at radius 1 is 1.48 bits per heavy atom. The summed E-state index contributed by atoms with van der Waals surface area (Å²) in [7, 11) is 3.08. The van der Waals surface area contributed by atoms with Crippen molar-refractivity contribution in [2.24, 2.45) is 4.99 Å².